The van der Waals surface area contributed by atoms with Gasteiger partial charge in [-0.05, 0) is 32.4 Å². The molecular formula is C15H21NO4. The van der Waals surface area contributed by atoms with Crippen molar-refractivity contribution in [3.8, 4) is 0 Å². The van der Waals surface area contributed by atoms with Crippen molar-refractivity contribution in [2.45, 2.75) is 32.2 Å². The maximum atomic E-state index is 12.0. The van der Waals surface area contributed by atoms with Crippen LogP contribution in [-0.2, 0) is 14.3 Å². The van der Waals surface area contributed by atoms with Gasteiger partial charge in [-0.3, -0.25) is 9.59 Å². The van der Waals surface area contributed by atoms with Crippen molar-refractivity contribution in [1.29, 1.82) is 0 Å². The van der Waals surface area contributed by atoms with E-state index in [1.807, 2.05) is 30.3 Å². The van der Waals surface area contributed by atoms with Crippen LogP contribution in [0.1, 0.15) is 31.7 Å². The van der Waals surface area contributed by atoms with Crippen molar-refractivity contribution < 1.29 is 19.4 Å². The lowest BCUT2D eigenvalue weighted by atomic mass is 9.95. The first-order valence-corrected chi connectivity index (χ1v) is 6.74. The second-order valence-corrected chi connectivity index (χ2v) is 4.52. The molecular weight excluding hydrogens is 258 g/mol. The number of carboxylic acids is 1. The smallest absolute Gasteiger partial charge is 0.320 e. The first-order valence-electron chi connectivity index (χ1n) is 6.74. The van der Waals surface area contributed by atoms with Crippen LogP contribution in [0.5, 0.6) is 0 Å². The third-order valence-corrected chi connectivity index (χ3v) is 3.03. The van der Waals surface area contributed by atoms with Crippen LogP contribution in [0, 0.1) is 0 Å². The van der Waals surface area contributed by atoms with Gasteiger partial charge in [0.05, 0.1) is 12.5 Å². The summed E-state index contributed by atoms with van der Waals surface area (Å²) in [5.74, 6) is -1.55. The molecule has 0 fully saturated rings. The molecule has 1 aromatic carbocycles. The number of aliphatic carboxylic acids is 1. The van der Waals surface area contributed by atoms with Gasteiger partial charge in [0.1, 0.15) is 6.04 Å². The van der Waals surface area contributed by atoms with E-state index in [1.165, 1.54) is 0 Å². The second-order valence-electron chi connectivity index (χ2n) is 4.52. The number of hydrogen-bond donors (Lipinski definition) is 2. The van der Waals surface area contributed by atoms with Crippen LogP contribution >= 0.6 is 0 Å². The summed E-state index contributed by atoms with van der Waals surface area (Å²) in [5.41, 5.74) is 0.885. The van der Waals surface area contributed by atoms with Gasteiger partial charge in [-0.1, -0.05) is 30.3 Å². The van der Waals surface area contributed by atoms with Crippen LogP contribution in [0.25, 0.3) is 0 Å². The number of carbonyl (C=O) groups is 2. The van der Waals surface area contributed by atoms with Crippen molar-refractivity contribution in [2.24, 2.45) is 0 Å². The third kappa shape index (κ3) is 5.01. The molecule has 0 aliphatic rings. The number of carbonyl (C=O) groups excluding carboxylic acids is 1. The number of benzene rings is 1. The monoisotopic (exact) mass is 279 g/mol. The van der Waals surface area contributed by atoms with E-state index >= 15 is 0 Å². The molecule has 2 unspecified atom stereocenters. The Hall–Kier alpha value is -1.88. The molecule has 0 saturated heterocycles. The average molecular weight is 279 g/mol. The third-order valence-electron chi connectivity index (χ3n) is 3.03. The Morgan fingerprint density at radius 1 is 1.30 bits per heavy atom. The molecule has 0 bridgehead atoms. The fraction of sp³-hybridized carbons (Fsp3) is 0.467. The van der Waals surface area contributed by atoms with Gasteiger partial charge in [-0.15, -0.1) is 0 Å². The van der Waals surface area contributed by atoms with Crippen molar-refractivity contribution in [2.75, 3.05) is 13.2 Å². The molecule has 1 rings (SSSR count). The summed E-state index contributed by atoms with van der Waals surface area (Å²) in [4.78, 5) is 22.7. The molecule has 2 atom stereocenters. The molecule has 0 saturated carbocycles. The summed E-state index contributed by atoms with van der Waals surface area (Å²) >= 11 is 0. The minimum atomic E-state index is -0.905. The Kier molecular flexibility index (Phi) is 6.73. The highest BCUT2D eigenvalue weighted by molar-refractivity contribution is 5.78. The second kappa shape index (κ2) is 8.32. The van der Waals surface area contributed by atoms with Gasteiger partial charge in [-0.25, -0.2) is 0 Å². The molecule has 1 aromatic rings. The van der Waals surface area contributed by atoms with E-state index in [9.17, 15) is 9.59 Å². The molecule has 0 amide bonds. The van der Waals surface area contributed by atoms with Crippen molar-refractivity contribution in [3.63, 3.8) is 0 Å². The summed E-state index contributed by atoms with van der Waals surface area (Å²) in [5, 5.41) is 11.7. The maximum absolute atomic E-state index is 12.0. The summed E-state index contributed by atoms with van der Waals surface area (Å²) in [6.45, 7) is 4.11. The molecule has 20 heavy (non-hydrogen) atoms. The fourth-order valence-electron chi connectivity index (χ4n) is 1.88. The molecule has 0 heterocycles. The van der Waals surface area contributed by atoms with Gasteiger partial charge in [0.15, 0.2) is 0 Å². The summed E-state index contributed by atoms with van der Waals surface area (Å²) in [6, 6.07) is 8.75. The Balaban J connectivity index is 2.65. The average Bonchev–Trinajstić information content (AvgIpc) is 2.44. The molecule has 0 aromatic heterocycles. The molecule has 0 radical (unpaired) electrons. The van der Waals surface area contributed by atoms with Gasteiger partial charge >= 0.3 is 11.9 Å². The zero-order valence-electron chi connectivity index (χ0n) is 11.8. The number of ether oxygens (including phenoxy) is 1. The van der Waals surface area contributed by atoms with E-state index in [0.29, 0.717) is 19.6 Å². The minimum Gasteiger partial charge on any atom is -0.480 e. The van der Waals surface area contributed by atoms with E-state index in [2.05, 4.69) is 5.32 Å². The van der Waals surface area contributed by atoms with Crippen LogP contribution < -0.4 is 5.32 Å². The Morgan fingerprint density at radius 2 is 1.95 bits per heavy atom. The van der Waals surface area contributed by atoms with E-state index in [-0.39, 0.29) is 11.9 Å². The standard InChI is InChI=1S/C15H21NO4/c1-3-20-15(19)13(12-7-5-4-6-8-12)9-10-16-11(2)14(17)18/h4-8,11,13,16H,3,9-10H2,1-2H3,(H,17,18). The summed E-state index contributed by atoms with van der Waals surface area (Å²) in [7, 11) is 0. The SMILES string of the molecule is CCOC(=O)C(CCNC(C)C(=O)O)c1ccccc1. The lowest BCUT2D eigenvalue weighted by Crippen LogP contribution is -2.35. The molecule has 5 nitrogen and oxygen atoms in total. The van der Waals surface area contributed by atoms with Crippen molar-refractivity contribution in [1.82, 2.24) is 5.32 Å². The Bertz CT molecular complexity index is 433. The molecule has 0 aliphatic heterocycles. The largest absolute Gasteiger partial charge is 0.480 e. The van der Waals surface area contributed by atoms with Gasteiger partial charge in [0.2, 0.25) is 0 Å². The van der Waals surface area contributed by atoms with Gasteiger partial charge < -0.3 is 15.2 Å². The van der Waals surface area contributed by atoms with Gasteiger partial charge in [-0.2, -0.15) is 0 Å². The first-order chi connectivity index (χ1) is 9.56. The molecule has 2 N–H and O–H groups in total. The normalized spacial score (nSPS) is 13.5. The van der Waals surface area contributed by atoms with Crippen LogP contribution in [0.3, 0.4) is 0 Å². The zero-order chi connectivity index (χ0) is 15.0. The van der Waals surface area contributed by atoms with Crippen LogP contribution in [0.15, 0.2) is 30.3 Å². The highest BCUT2D eigenvalue weighted by atomic mass is 16.5. The Labute approximate surface area is 118 Å². The maximum Gasteiger partial charge on any atom is 0.320 e. The van der Waals surface area contributed by atoms with E-state index in [4.69, 9.17) is 9.84 Å². The Morgan fingerprint density at radius 3 is 2.50 bits per heavy atom. The first kappa shape index (κ1) is 16.2. The van der Waals surface area contributed by atoms with Gasteiger partial charge in [0, 0.05) is 0 Å². The summed E-state index contributed by atoms with van der Waals surface area (Å²) < 4.78 is 5.08. The number of esters is 1. The molecule has 0 spiro atoms. The molecule has 5 heteroatoms. The van der Waals surface area contributed by atoms with Crippen LogP contribution in [0.4, 0.5) is 0 Å². The topological polar surface area (TPSA) is 75.6 Å². The van der Waals surface area contributed by atoms with Crippen LogP contribution in [0.2, 0.25) is 0 Å². The van der Waals surface area contributed by atoms with Gasteiger partial charge in [0.25, 0.3) is 0 Å². The zero-order valence-corrected chi connectivity index (χ0v) is 11.8. The fourth-order valence-corrected chi connectivity index (χ4v) is 1.88. The highest BCUT2D eigenvalue weighted by Crippen LogP contribution is 2.20. The van der Waals surface area contributed by atoms with Crippen LogP contribution in [-0.4, -0.2) is 36.2 Å². The predicted molar refractivity (Wildman–Crippen MR) is 75.5 cm³/mol. The number of carboxylic acid groups (broad SMARTS) is 1. The van der Waals surface area contributed by atoms with Crippen molar-refractivity contribution >= 4 is 11.9 Å². The van der Waals surface area contributed by atoms with E-state index < -0.39 is 12.0 Å². The predicted octanol–water partition coefficient (Wildman–Crippen LogP) is 1.79. The number of nitrogens with one attached hydrogen (secondary N) is 1. The van der Waals surface area contributed by atoms with Crippen molar-refractivity contribution in [3.05, 3.63) is 35.9 Å². The number of hydrogen-bond acceptors (Lipinski definition) is 4. The molecule has 0 aliphatic carbocycles. The lowest BCUT2D eigenvalue weighted by Gasteiger charge is -2.17. The minimum absolute atomic E-state index is 0.275. The highest BCUT2D eigenvalue weighted by Gasteiger charge is 2.22. The molecule has 110 valence electrons. The number of rotatable bonds is 8. The summed E-state index contributed by atoms with van der Waals surface area (Å²) in [6.07, 6.45) is 0.500. The van der Waals surface area contributed by atoms with E-state index in [0.717, 1.165) is 5.56 Å². The quantitative estimate of drug-likeness (QED) is 0.709. The lowest BCUT2D eigenvalue weighted by molar-refractivity contribution is -0.145. The van der Waals surface area contributed by atoms with E-state index in [1.54, 1.807) is 13.8 Å².